The van der Waals surface area contributed by atoms with E-state index in [1.807, 2.05) is 25.1 Å². The van der Waals surface area contributed by atoms with Gasteiger partial charge in [-0.05, 0) is 37.8 Å². The molecule has 0 aliphatic carbocycles. The molecule has 5 rings (SSSR count). The molecule has 1 N–H and O–H groups in total. The van der Waals surface area contributed by atoms with E-state index < -0.39 is 38.3 Å². The summed E-state index contributed by atoms with van der Waals surface area (Å²) in [6, 6.07) is 12.1. The van der Waals surface area contributed by atoms with E-state index in [1.165, 1.54) is 11.5 Å². The Hall–Kier alpha value is -2.20. The number of nitrogens with zero attached hydrogens (tertiary/aromatic N) is 3. The molecule has 11 heteroatoms. The Kier molecular flexibility index (Phi) is 7.27. The minimum Gasteiger partial charge on any atom is -0.374 e. The molecule has 1 aromatic heterocycles. The Morgan fingerprint density at radius 2 is 2.06 bits per heavy atom. The first-order valence-electron chi connectivity index (χ1n) is 12.4. The lowest BCUT2D eigenvalue weighted by atomic mass is 9.87. The molecule has 3 fully saturated rings. The summed E-state index contributed by atoms with van der Waals surface area (Å²) in [4.78, 5) is 28.1. The van der Waals surface area contributed by atoms with Crippen LogP contribution < -0.4 is 11.0 Å². The first-order valence-corrected chi connectivity index (χ1v) is 13.5. The van der Waals surface area contributed by atoms with Crippen molar-refractivity contribution in [1.29, 1.82) is 0 Å². The molecule has 1 aromatic carbocycles. The Labute approximate surface area is 211 Å². The van der Waals surface area contributed by atoms with Crippen LogP contribution in [-0.4, -0.2) is 58.1 Å². The summed E-state index contributed by atoms with van der Waals surface area (Å²) >= 11 is 0. The summed E-state index contributed by atoms with van der Waals surface area (Å²) in [5.74, 6) is -0.105. The second-order valence-electron chi connectivity index (χ2n) is 9.55. The molecule has 10 nitrogen and oxygen atoms in total. The normalized spacial score (nSPS) is 34.1. The predicted molar refractivity (Wildman–Crippen MR) is 134 cm³/mol. The average molecular weight is 517 g/mol. The van der Waals surface area contributed by atoms with Crippen LogP contribution in [0.15, 0.2) is 47.4 Å². The third kappa shape index (κ3) is 4.51. The van der Waals surface area contributed by atoms with Gasteiger partial charge in [-0.1, -0.05) is 37.3 Å². The number of nitrogens with one attached hydrogen (secondary N) is 1. The molecule has 1 unspecified atom stereocenters. The fourth-order valence-corrected chi connectivity index (χ4v) is 7.63. The highest BCUT2D eigenvalue weighted by Crippen LogP contribution is 2.64. The number of anilines is 1. The van der Waals surface area contributed by atoms with Gasteiger partial charge in [0.2, 0.25) is 5.91 Å². The van der Waals surface area contributed by atoms with Crippen molar-refractivity contribution in [2.45, 2.75) is 76.2 Å². The molecule has 4 heterocycles. The Morgan fingerprint density at radius 1 is 1.28 bits per heavy atom. The second kappa shape index (κ2) is 10.3. The third-order valence-electron chi connectivity index (χ3n) is 7.27. The molecule has 0 saturated carbocycles. The van der Waals surface area contributed by atoms with Gasteiger partial charge < -0.3 is 23.8 Å². The van der Waals surface area contributed by atoms with Crippen LogP contribution >= 0.6 is 8.53 Å². The first-order chi connectivity index (χ1) is 17.4. The Bertz CT molecular complexity index is 1150. The fraction of sp³-hybridized carbons (Fsp3) is 0.560. The van der Waals surface area contributed by atoms with Gasteiger partial charge in [0.1, 0.15) is 23.6 Å². The molecule has 0 bridgehead atoms. The van der Waals surface area contributed by atoms with E-state index in [2.05, 4.69) is 34.0 Å². The predicted octanol–water partition coefficient (Wildman–Crippen LogP) is 3.55. The van der Waals surface area contributed by atoms with Gasteiger partial charge in [-0.15, -0.1) is 0 Å². The molecule has 194 valence electrons. The van der Waals surface area contributed by atoms with Gasteiger partial charge in [0.05, 0.1) is 12.1 Å². The molecule has 3 aliphatic heterocycles. The molecule has 2 aromatic rings. The van der Waals surface area contributed by atoms with Crippen LogP contribution in [0, 0.1) is 0 Å². The lowest BCUT2D eigenvalue weighted by Gasteiger charge is -2.29. The van der Waals surface area contributed by atoms with E-state index in [4.69, 9.17) is 18.5 Å². The van der Waals surface area contributed by atoms with Crippen LogP contribution in [0.1, 0.15) is 51.8 Å². The fourth-order valence-electron chi connectivity index (χ4n) is 5.48. The van der Waals surface area contributed by atoms with Crippen molar-refractivity contribution in [2.24, 2.45) is 0 Å². The van der Waals surface area contributed by atoms with Gasteiger partial charge in [-0.25, -0.2) is 9.46 Å². The number of aromatic nitrogens is 2. The molecule has 7 atom stereocenters. The van der Waals surface area contributed by atoms with Crippen molar-refractivity contribution < 1.29 is 23.3 Å². The molecule has 3 aliphatic rings. The number of carbonyl (C=O) groups is 1. The number of amides is 1. The molecule has 0 spiro atoms. The van der Waals surface area contributed by atoms with Crippen molar-refractivity contribution in [1.82, 2.24) is 14.2 Å². The number of hydrogen-bond acceptors (Lipinski definition) is 8. The Balaban J connectivity index is 1.40. The molecule has 3 saturated heterocycles. The summed E-state index contributed by atoms with van der Waals surface area (Å²) in [7, 11) is 0.232. The van der Waals surface area contributed by atoms with Crippen molar-refractivity contribution in [2.75, 3.05) is 19.0 Å². The minimum absolute atomic E-state index is 0.193. The monoisotopic (exact) mass is 516 g/mol. The van der Waals surface area contributed by atoms with Gasteiger partial charge in [0.25, 0.3) is 8.53 Å². The zero-order valence-electron chi connectivity index (χ0n) is 21.0. The van der Waals surface area contributed by atoms with Crippen LogP contribution in [0.4, 0.5) is 5.82 Å². The second-order valence-corrected chi connectivity index (χ2v) is 10.9. The summed E-state index contributed by atoms with van der Waals surface area (Å²) in [5.41, 5.74) is 0.138. The van der Waals surface area contributed by atoms with E-state index >= 15 is 0 Å². The maximum absolute atomic E-state index is 12.8. The number of carbonyl (C=O) groups excluding carboxylic acids is 1. The van der Waals surface area contributed by atoms with Gasteiger partial charge in [-0.2, -0.15) is 4.98 Å². The topological polar surface area (TPSA) is 104 Å². The highest BCUT2D eigenvalue weighted by molar-refractivity contribution is 7.45. The molecular formula is C25H33N4O6P. The van der Waals surface area contributed by atoms with E-state index in [0.717, 1.165) is 24.9 Å². The quantitative estimate of drug-likeness (QED) is 0.558. The number of fused-ring (bicyclic) bond motifs is 1. The maximum Gasteiger partial charge on any atom is 0.351 e. The van der Waals surface area contributed by atoms with E-state index in [9.17, 15) is 9.59 Å². The highest BCUT2D eigenvalue weighted by Gasteiger charge is 2.57. The summed E-state index contributed by atoms with van der Waals surface area (Å²) in [5, 5.41) is 2.53. The van der Waals surface area contributed by atoms with E-state index in [1.54, 1.807) is 19.4 Å². The largest absolute Gasteiger partial charge is 0.374 e. The van der Waals surface area contributed by atoms with Crippen molar-refractivity contribution in [3.8, 4) is 0 Å². The summed E-state index contributed by atoms with van der Waals surface area (Å²) < 4.78 is 29.3. The van der Waals surface area contributed by atoms with Crippen molar-refractivity contribution in [3.05, 3.63) is 58.6 Å². The number of benzene rings is 1. The van der Waals surface area contributed by atoms with Crippen LogP contribution in [0.2, 0.25) is 0 Å². The molecule has 1 amide bonds. The number of rotatable bonds is 7. The first kappa shape index (κ1) is 25.4. The molecular weight excluding hydrogens is 483 g/mol. The van der Waals surface area contributed by atoms with Crippen LogP contribution in [0.25, 0.3) is 0 Å². The SMILES string of the molecule is CC[C@H]1O[C@@H](n2ccc(NC(C)=O)nc2=O)[C@@H](OC)C1O[P@@]1O[C@](C)(c2ccccc2)[C@@H]2CCCN21. The van der Waals surface area contributed by atoms with Crippen molar-refractivity contribution >= 4 is 20.3 Å². The van der Waals surface area contributed by atoms with Gasteiger partial charge in [0.15, 0.2) is 6.23 Å². The van der Waals surface area contributed by atoms with Crippen molar-refractivity contribution in [3.63, 3.8) is 0 Å². The van der Waals surface area contributed by atoms with Gasteiger partial charge in [-0.3, -0.25) is 9.36 Å². The molecule has 0 radical (unpaired) electrons. The molecule has 36 heavy (non-hydrogen) atoms. The lowest BCUT2D eigenvalue weighted by molar-refractivity contribution is -0.114. The zero-order chi connectivity index (χ0) is 25.4. The lowest BCUT2D eigenvalue weighted by Crippen LogP contribution is -2.38. The summed E-state index contributed by atoms with van der Waals surface area (Å²) in [6.07, 6.45) is 2.39. The Morgan fingerprint density at radius 3 is 2.72 bits per heavy atom. The number of hydrogen-bond donors (Lipinski definition) is 1. The number of ether oxygens (including phenoxy) is 2. The zero-order valence-corrected chi connectivity index (χ0v) is 21.9. The van der Waals surface area contributed by atoms with Crippen LogP contribution in [-0.2, 0) is 28.9 Å². The number of methoxy groups -OCH3 is 1. The average Bonchev–Trinajstić information content (AvgIpc) is 3.55. The van der Waals surface area contributed by atoms with Gasteiger partial charge >= 0.3 is 5.69 Å². The standard InChI is InChI=1S/C25H33N4O6P/c1-5-18-21(22(32-4)23(33-18)28-15-13-20(26-16(2)30)27-24(28)31)34-36-29-14-9-12-19(29)25(3,35-36)17-10-7-6-8-11-17/h6-8,10-11,13,15,18-19,21-23H,5,9,12,14H2,1-4H3,(H,26,27,30,31)/t18-,19+,21?,22+,23-,25-,36+/m1/s1. The van der Waals surface area contributed by atoms with E-state index in [-0.39, 0.29) is 23.9 Å². The van der Waals surface area contributed by atoms with Gasteiger partial charge in [0, 0.05) is 26.8 Å². The van der Waals surface area contributed by atoms with E-state index in [0.29, 0.717) is 6.42 Å². The van der Waals surface area contributed by atoms with Crippen LogP contribution in [0.5, 0.6) is 0 Å². The smallest absolute Gasteiger partial charge is 0.351 e. The highest BCUT2D eigenvalue weighted by atomic mass is 31.2. The van der Waals surface area contributed by atoms with Crippen LogP contribution in [0.3, 0.4) is 0 Å². The minimum atomic E-state index is -1.36. The summed E-state index contributed by atoms with van der Waals surface area (Å²) in [6.45, 7) is 6.45. The third-order valence-corrected chi connectivity index (χ3v) is 9.12. The maximum atomic E-state index is 12.8.